The second-order valence-electron chi connectivity index (χ2n) is 6.39. The van der Waals surface area contributed by atoms with Gasteiger partial charge in [-0.2, -0.15) is 0 Å². The van der Waals surface area contributed by atoms with Gasteiger partial charge in [0.1, 0.15) is 5.69 Å². The van der Waals surface area contributed by atoms with Crippen molar-refractivity contribution >= 4 is 29.5 Å². The van der Waals surface area contributed by atoms with Crippen molar-refractivity contribution in [3.8, 4) is 0 Å². The van der Waals surface area contributed by atoms with E-state index in [4.69, 9.17) is 5.73 Å². The van der Waals surface area contributed by atoms with E-state index in [1.165, 1.54) is 0 Å². The van der Waals surface area contributed by atoms with Crippen LogP contribution in [0.5, 0.6) is 0 Å². The van der Waals surface area contributed by atoms with Crippen molar-refractivity contribution in [1.82, 2.24) is 9.55 Å². The second kappa shape index (κ2) is 6.70. The van der Waals surface area contributed by atoms with Crippen molar-refractivity contribution in [2.24, 2.45) is 5.73 Å². The van der Waals surface area contributed by atoms with E-state index in [0.29, 0.717) is 12.0 Å². The number of carbonyl (C=O) groups excluding carboxylic acids is 1. The number of nitrogens with zero attached hydrogens (tertiary/aromatic N) is 2. The molecule has 0 aliphatic heterocycles. The molecule has 0 saturated heterocycles. The van der Waals surface area contributed by atoms with Gasteiger partial charge in [-0.3, -0.25) is 4.79 Å². The van der Waals surface area contributed by atoms with Crippen LogP contribution in [-0.2, 0) is 6.54 Å². The monoisotopic (exact) mass is 337 g/mol. The Balaban J connectivity index is 2.04. The number of rotatable bonds is 5. The van der Waals surface area contributed by atoms with Gasteiger partial charge in [0, 0.05) is 12.2 Å². The molecule has 0 spiro atoms. The van der Waals surface area contributed by atoms with Crippen molar-refractivity contribution in [3.05, 3.63) is 59.4 Å². The Morgan fingerprint density at radius 3 is 2.44 bits per heavy atom. The van der Waals surface area contributed by atoms with Crippen LogP contribution >= 0.6 is 0 Å². The van der Waals surface area contributed by atoms with E-state index in [0.717, 1.165) is 22.3 Å². The minimum atomic E-state index is -1.47. The van der Waals surface area contributed by atoms with E-state index < -0.39 is 13.0 Å². The molecule has 1 amide bonds. The van der Waals surface area contributed by atoms with Gasteiger partial charge in [0.15, 0.2) is 0 Å². The summed E-state index contributed by atoms with van der Waals surface area (Å²) in [6.45, 7) is 4.83. The summed E-state index contributed by atoms with van der Waals surface area (Å²) in [5.74, 6) is -0.260. The predicted molar refractivity (Wildman–Crippen MR) is 97.7 cm³/mol. The molecule has 2 aromatic heterocycles. The Morgan fingerprint density at radius 1 is 1.20 bits per heavy atom. The van der Waals surface area contributed by atoms with Gasteiger partial charge in [-0.25, -0.2) is 4.98 Å². The minimum Gasteiger partial charge on any atom is -0.423 e. The van der Waals surface area contributed by atoms with Crippen molar-refractivity contribution in [3.63, 3.8) is 0 Å². The highest BCUT2D eigenvalue weighted by molar-refractivity contribution is 6.58. The Morgan fingerprint density at radius 2 is 1.88 bits per heavy atom. The van der Waals surface area contributed by atoms with Gasteiger partial charge in [-0.05, 0) is 35.1 Å². The zero-order valence-electron chi connectivity index (χ0n) is 14.2. The summed E-state index contributed by atoms with van der Waals surface area (Å²) in [5.41, 5.74) is 9.84. The molecule has 0 atom stereocenters. The van der Waals surface area contributed by atoms with Crippen LogP contribution in [0.3, 0.4) is 0 Å². The first-order valence-electron chi connectivity index (χ1n) is 8.11. The van der Waals surface area contributed by atoms with E-state index in [2.05, 4.69) is 23.4 Å². The number of amides is 1. The third-order valence-electron chi connectivity index (χ3n) is 4.25. The van der Waals surface area contributed by atoms with Crippen LogP contribution < -0.4 is 11.2 Å². The molecular weight excluding hydrogens is 317 g/mol. The van der Waals surface area contributed by atoms with Crippen LogP contribution in [-0.4, -0.2) is 32.6 Å². The molecule has 0 aliphatic rings. The number of pyridine rings is 1. The smallest absolute Gasteiger partial charge is 0.423 e. The third kappa shape index (κ3) is 3.43. The Bertz CT molecular complexity index is 917. The van der Waals surface area contributed by atoms with Gasteiger partial charge in [-0.15, -0.1) is 0 Å². The van der Waals surface area contributed by atoms with Crippen molar-refractivity contribution < 1.29 is 14.8 Å². The van der Waals surface area contributed by atoms with E-state index in [9.17, 15) is 14.8 Å². The van der Waals surface area contributed by atoms with Gasteiger partial charge in [-0.1, -0.05) is 38.1 Å². The van der Waals surface area contributed by atoms with E-state index >= 15 is 0 Å². The van der Waals surface area contributed by atoms with Gasteiger partial charge in [0.05, 0.1) is 11.0 Å². The fourth-order valence-electron chi connectivity index (χ4n) is 2.93. The van der Waals surface area contributed by atoms with Crippen LogP contribution in [0, 0.1) is 0 Å². The molecule has 0 unspecified atom stereocenters. The second-order valence-corrected chi connectivity index (χ2v) is 6.39. The SMILES string of the molecule is CC(C)c1cc2nc(C(N)=O)ccc2n1Cc1ccc(B(O)O)cc1. The van der Waals surface area contributed by atoms with E-state index in [-0.39, 0.29) is 11.6 Å². The Labute approximate surface area is 146 Å². The molecule has 0 bridgehead atoms. The lowest BCUT2D eigenvalue weighted by atomic mass is 9.80. The fraction of sp³-hybridized carbons (Fsp3) is 0.222. The molecule has 3 rings (SSSR count). The molecule has 0 radical (unpaired) electrons. The van der Waals surface area contributed by atoms with Crippen molar-refractivity contribution in [2.45, 2.75) is 26.3 Å². The van der Waals surface area contributed by atoms with Gasteiger partial charge in [0.25, 0.3) is 5.91 Å². The van der Waals surface area contributed by atoms with Crippen LogP contribution in [0.15, 0.2) is 42.5 Å². The highest BCUT2D eigenvalue weighted by atomic mass is 16.4. The first kappa shape index (κ1) is 17.2. The normalized spacial score (nSPS) is 11.2. The number of primary amides is 1. The third-order valence-corrected chi connectivity index (χ3v) is 4.25. The first-order valence-corrected chi connectivity index (χ1v) is 8.11. The molecule has 4 N–H and O–H groups in total. The molecule has 0 saturated carbocycles. The lowest BCUT2D eigenvalue weighted by molar-refractivity contribution is 0.0996. The molecular formula is C18H20BN3O3. The zero-order chi connectivity index (χ0) is 18.1. The number of carbonyl (C=O) groups is 1. The standard InChI is InChI=1S/C18H20BN3O3/c1-11(2)17-9-15-16(8-7-14(21-15)18(20)23)22(17)10-12-3-5-13(6-4-12)19(24)25/h3-9,11,24-25H,10H2,1-2H3,(H2,20,23). The number of hydrogen-bond acceptors (Lipinski definition) is 4. The number of benzene rings is 1. The predicted octanol–water partition coefficient (Wildman–Crippen LogP) is 0.987. The lowest BCUT2D eigenvalue weighted by Gasteiger charge is -2.13. The van der Waals surface area contributed by atoms with E-state index in [1.54, 1.807) is 18.2 Å². The topological polar surface area (TPSA) is 101 Å². The first-order chi connectivity index (χ1) is 11.9. The van der Waals surface area contributed by atoms with Gasteiger partial charge >= 0.3 is 7.12 Å². The van der Waals surface area contributed by atoms with Gasteiger partial charge in [0.2, 0.25) is 0 Å². The highest BCUT2D eigenvalue weighted by Gasteiger charge is 2.15. The Kier molecular flexibility index (Phi) is 4.61. The average Bonchev–Trinajstić information content (AvgIpc) is 2.93. The van der Waals surface area contributed by atoms with Crippen molar-refractivity contribution in [2.75, 3.05) is 0 Å². The maximum absolute atomic E-state index is 11.4. The minimum absolute atomic E-state index is 0.251. The maximum Gasteiger partial charge on any atom is 0.488 e. The fourth-order valence-corrected chi connectivity index (χ4v) is 2.93. The lowest BCUT2D eigenvalue weighted by Crippen LogP contribution is -2.29. The molecule has 2 heterocycles. The summed E-state index contributed by atoms with van der Waals surface area (Å²) in [6.07, 6.45) is 0. The molecule has 3 aromatic rings. The summed E-state index contributed by atoms with van der Waals surface area (Å²) in [4.78, 5) is 15.7. The largest absolute Gasteiger partial charge is 0.488 e. The summed E-state index contributed by atoms with van der Waals surface area (Å²) < 4.78 is 2.15. The van der Waals surface area contributed by atoms with Crippen LogP contribution in [0.25, 0.3) is 11.0 Å². The van der Waals surface area contributed by atoms with E-state index in [1.807, 2.05) is 24.3 Å². The molecule has 128 valence electrons. The maximum atomic E-state index is 11.4. The molecule has 1 aromatic carbocycles. The average molecular weight is 337 g/mol. The molecule has 0 aliphatic carbocycles. The molecule has 25 heavy (non-hydrogen) atoms. The van der Waals surface area contributed by atoms with Crippen LogP contribution in [0.4, 0.5) is 0 Å². The van der Waals surface area contributed by atoms with Crippen LogP contribution in [0.2, 0.25) is 0 Å². The summed E-state index contributed by atoms with van der Waals surface area (Å²) >= 11 is 0. The highest BCUT2D eigenvalue weighted by Crippen LogP contribution is 2.25. The molecule has 6 nitrogen and oxygen atoms in total. The zero-order valence-corrected chi connectivity index (χ0v) is 14.2. The number of nitrogens with two attached hydrogens (primary N) is 1. The number of aromatic nitrogens is 2. The molecule has 7 heteroatoms. The van der Waals surface area contributed by atoms with Crippen molar-refractivity contribution in [1.29, 1.82) is 0 Å². The number of fused-ring (bicyclic) bond motifs is 1. The van der Waals surface area contributed by atoms with Gasteiger partial charge < -0.3 is 20.3 Å². The van der Waals surface area contributed by atoms with Crippen LogP contribution in [0.1, 0.15) is 41.5 Å². The molecule has 0 fully saturated rings. The summed E-state index contributed by atoms with van der Waals surface area (Å²) in [6, 6.07) is 12.6. The summed E-state index contributed by atoms with van der Waals surface area (Å²) in [7, 11) is -1.47. The Hall–Kier alpha value is -2.64. The summed E-state index contributed by atoms with van der Waals surface area (Å²) in [5, 5.41) is 18.4. The number of hydrogen-bond donors (Lipinski definition) is 3. The quantitative estimate of drug-likeness (QED) is 0.604.